The van der Waals surface area contributed by atoms with Gasteiger partial charge in [-0.15, -0.1) is 0 Å². The number of carbonyl (C=O) groups excluding carboxylic acids is 1. The van der Waals surface area contributed by atoms with Crippen LogP contribution >= 0.6 is 0 Å². The smallest absolute Gasteiger partial charge is 0.382 e. The van der Waals surface area contributed by atoms with Gasteiger partial charge in [0.15, 0.2) is 0 Å². The number of fused-ring (bicyclic) bond motifs is 2. The van der Waals surface area contributed by atoms with Crippen molar-refractivity contribution in [3.8, 4) is 0 Å². The van der Waals surface area contributed by atoms with Crippen LogP contribution in [-0.2, 0) is 6.18 Å². The number of amides is 1. The summed E-state index contributed by atoms with van der Waals surface area (Å²) in [5.41, 5.74) is 0.641. The van der Waals surface area contributed by atoms with E-state index in [4.69, 9.17) is 0 Å². The van der Waals surface area contributed by atoms with Gasteiger partial charge in [0.05, 0.1) is 11.1 Å². The van der Waals surface area contributed by atoms with Gasteiger partial charge in [-0.05, 0) is 56.0 Å². The van der Waals surface area contributed by atoms with Crippen LogP contribution in [0.2, 0.25) is 0 Å². The average molecular weight is 470 g/mol. The number of pyridine rings is 1. The summed E-state index contributed by atoms with van der Waals surface area (Å²) in [5.74, 6) is -0.747. The molecule has 2 atom stereocenters. The minimum absolute atomic E-state index is 0.0683. The number of aromatic amines is 1. The maximum absolute atomic E-state index is 13.9. The highest BCUT2D eigenvalue weighted by Crippen LogP contribution is 2.34. The molecule has 2 heterocycles. The largest absolute Gasteiger partial charge is 0.433 e. The van der Waals surface area contributed by atoms with Crippen molar-refractivity contribution in [3.63, 3.8) is 0 Å². The number of halogens is 4. The number of hydrogen-bond donors (Lipinski definition) is 3. The molecule has 2 aromatic heterocycles. The topological polar surface area (TPSA) is 69.8 Å². The second-order valence-corrected chi connectivity index (χ2v) is 8.64. The van der Waals surface area contributed by atoms with Crippen molar-refractivity contribution in [2.45, 2.75) is 43.9 Å². The summed E-state index contributed by atoms with van der Waals surface area (Å²) in [6.45, 7) is 0. The first-order valence-corrected chi connectivity index (χ1v) is 11.1. The van der Waals surface area contributed by atoms with E-state index in [2.05, 4.69) is 20.6 Å². The maximum atomic E-state index is 13.9. The van der Waals surface area contributed by atoms with E-state index in [9.17, 15) is 22.4 Å². The van der Waals surface area contributed by atoms with E-state index in [1.165, 1.54) is 12.1 Å². The third-order valence-corrected chi connectivity index (χ3v) is 6.26. The lowest BCUT2D eigenvalue weighted by molar-refractivity contribution is -0.140. The number of nitrogens with one attached hydrogen (secondary N) is 3. The highest BCUT2D eigenvalue weighted by Gasteiger charge is 2.34. The summed E-state index contributed by atoms with van der Waals surface area (Å²) in [6.07, 6.45) is -0.128. The van der Waals surface area contributed by atoms with E-state index in [1.807, 2.05) is 24.3 Å². The molecule has 5 nitrogen and oxygen atoms in total. The molecule has 5 rings (SSSR count). The van der Waals surface area contributed by atoms with Crippen molar-refractivity contribution in [2.75, 3.05) is 5.32 Å². The second kappa shape index (κ2) is 8.62. The summed E-state index contributed by atoms with van der Waals surface area (Å²) in [4.78, 5) is 19.6. The van der Waals surface area contributed by atoms with Gasteiger partial charge in [0.2, 0.25) is 0 Å². The summed E-state index contributed by atoms with van der Waals surface area (Å²) < 4.78 is 54.0. The normalized spacial score (nSPS) is 18.8. The standard InChI is InChI=1S/C25H22F4N4O/c26-14-8-9-21-18(10-14)22(12-23(33-21)25(27,28)29)31-15-4-3-5-16(11-15)32-24(34)19-13-30-20-7-2-1-6-17(19)20/h1-2,6-10,12-13,15-16,30H,3-5,11H2,(H,31,33)(H,32,34)/t15-,16+/m0/s1. The van der Waals surface area contributed by atoms with Crippen LogP contribution in [0.4, 0.5) is 23.2 Å². The Bertz CT molecular complexity index is 1360. The molecule has 9 heteroatoms. The van der Waals surface area contributed by atoms with E-state index in [0.717, 1.165) is 42.3 Å². The van der Waals surface area contributed by atoms with Gasteiger partial charge in [0.1, 0.15) is 11.5 Å². The van der Waals surface area contributed by atoms with Gasteiger partial charge in [-0.1, -0.05) is 18.2 Å². The number of para-hydroxylation sites is 1. The average Bonchev–Trinajstić information content (AvgIpc) is 3.23. The molecule has 0 bridgehead atoms. The molecule has 0 saturated heterocycles. The molecule has 1 aliphatic rings. The lowest BCUT2D eigenvalue weighted by Gasteiger charge is -2.31. The number of rotatable bonds is 4. The van der Waals surface area contributed by atoms with Crippen molar-refractivity contribution >= 4 is 33.4 Å². The molecular formula is C25H22F4N4O. The molecule has 34 heavy (non-hydrogen) atoms. The number of carbonyl (C=O) groups is 1. The first-order chi connectivity index (χ1) is 16.3. The number of hydrogen-bond acceptors (Lipinski definition) is 3. The molecule has 1 aliphatic carbocycles. The first-order valence-electron chi connectivity index (χ1n) is 11.1. The minimum Gasteiger partial charge on any atom is -0.382 e. The van der Waals surface area contributed by atoms with Gasteiger partial charge in [-0.25, -0.2) is 9.37 Å². The number of aromatic nitrogens is 2. The monoisotopic (exact) mass is 470 g/mol. The fourth-order valence-corrected chi connectivity index (χ4v) is 4.66. The van der Waals surface area contributed by atoms with Gasteiger partial charge in [-0.2, -0.15) is 13.2 Å². The summed E-state index contributed by atoms with van der Waals surface area (Å²) in [6, 6.07) is 11.6. The van der Waals surface area contributed by atoms with Crippen molar-refractivity contribution in [2.24, 2.45) is 0 Å². The predicted molar refractivity (Wildman–Crippen MR) is 122 cm³/mol. The maximum Gasteiger partial charge on any atom is 0.433 e. The molecule has 0 unspecified atom stereocenters. The molecule has 3 N–H and O–H groups in total. The van der Waals surface area contributed by atoms with Gasteiger partial charge in [0, 0.05) is 40.3 Å². The molecule has 1 fully saturated rings. The third-order valence-electron chi connectivity index (χ3n) is 6.26. The summed E-state index contributed by atoms with van der Waals surface area (Å²) in [7, 11) is 0. The Balaban J connectivity index is 1.35. The molecule has 1 amide bonds. The van der Waals surface area contributed by atoms with Crippen LogP contribution in [0.15, 0.2) is 54.7 Å². The van der Waals surface area contributed by atoms with Gasteiger partial charge >= 0.3 is 6.18 Å². The van der Waals surface area contributed by atoms with Gasteiger partial charge < -0.3 is 15.6 Å². The number of nitrogens with zero attached hydrogens (tertiary/aromatic N) is 1. The van der Waals surface area contributed by atoms with Gasteiger partial charge in [-0.3, -0.25) is 4.79 Å². The minimum atomic E-state index is -4.62. The Morgan fingerprint density at radius 1 is 1.03 bits per heavy atom. The van der Waals surface area contributed by atoms with E-state index in [0.29, 0.717) is 12.0 Å². The molecule has 0 spiro atoms. The third kappa shape index (κ3) is 4.42. The zero-order valence-corrected chi connectivity index (χ0v) is 18.0. The SMILES string of the molecule is O=C(N[C@@H]1CCC[C@H](Nc2cc(C(F)(F)F)nc3ccc(F)cc23)C1)c1c[nH]c2ccccc12. The van der Waals surface area contributed by atoms with Crippen LogP contribution in [0, 0.1) is 5.82 Å². The summed E-state index contributed by atoms with van der Waals surface area (Å²) in [5, 5.41) is 7.35. The van der Waals surface area contributed by atoms with Crippen LogP contribution in [-0.4, -0.2) is 28.0 Å². The fourth-order valence-electron chi connectivity index (χ4n) is 4.66. The Kier molecular flexibility index (Phi) is 5.63. The van der Waals surface area contributed by atoms with Crippen LogP contribution in [0.3, 0.4) is 0 Å². The zero-order valence-electron chi connectivity index (χ0n) is 18.0. The number of benzene rings is 2. The van der Waals surface area contributed by atoms with Crippen molar-refractivity contribution < 1.29 is 22.4 Å². The molecule has 1 saturated carbocycles. The van der Waals surface area contributed by atoms with E-state index in [-0.39, 0.29) is 34.6 Å². The second-order valence-electron chi connectivity index (χ2n) is 8.64. The fraction of sp³-hybridized carbons (Fsp3) is 0.280. The number of H-pyrrole nitrogens is 1. The first kappa shape index (κ1) is 22.2. The van der Waals surface area contributed by atoms with Crippen molar-refractivity contribution in [1.29, 1.82) is 0 Å². The van der Waals surface area contributed by atoms with E-state index in [1.54, 1.807) is 6.20 Å². The van der Waals surface area contributed by atoms with E-state index >= 15 is 0 Å². The highest BCUT2D eigenvalue weighted by atomic mass is 19.4. The van der Waals surface area contributed by atoms with Crippen LogP contribution in [0.5, 0.6) is 0 Å². The number of alkyl halides is 3. The number of anilines is 1. The van der Waals surface area contributed by atoms with Crippen molar-refractivity contribution in [1.82, 2.24) is 15.3 Å². The van der Waals surface area contributed by atoms with Crippen LogP contribution in [0.25, 0.3) is 21.8 Å². The Morgan fingerprint density at radius 2 is 1.82 bits per heavy atom. The highest BCUT2D eigenvalue weighted by molar-refractivity contribution is 6.06. The molecular weight excluding hydrogens is 448 g/mol. The van der Waals surface area contributed by atoms with Crippen molar-refractivity contribution in [3.05, 3.63) is 71.8 Å². The lowest BCUT2D eigenvalue weighted by Crippen LogP contribution is -2.41. The quantitative estimate of drug-likeness (QED) is 0.319. The Hall–Kier alpha value is -3.62. The molecule has 176 valence electrons. The van der Waals surface area contributed by atoms with E-state index < -0.39 is 17.7 Å². The van der Waals surface area contributed by atoms with Crippen LogP contribution in [0.1, 0.15) is 41.7 Å². The predicted octanol–water partition coefficient (Wildman–Crippen LogP) is 6.03. The molecule has 0 aliphatic heterocycles. The zero-order chi connectivity index (χ0) is 23.9. The lowest BCUT2D eigenvalue weighted by atomic mass is 9.90. The summed E-state index contributed by atoms with van der Waals surface area (Å²) >= 11 is 0. The molecule has 0 radical (unpaired) electrons. The molecule has 2 aromatic carbocycles. The van der Waals surface area contributed by atoms with Gasteiger partial charge in [0.25, 0.3) is 5.91 Å². The van der Waals surface area contributed by atoms with Crippen LogP contribution < -0.4 is 10.6 Å². The Morgan fingerprint density at radius 3 is 2.65 bits per heavy atom. The molecule has 4 aromatic rings. The Labute approximate surface area is 192 Å².